The zero-order valence-electron chi connectivity index (χ0n) is 23.5. The van der Waals surface area contributed by atoms with Gasteiger partial charge in [-0.05, 0) is 95.0 Å². The summed E-state index contributed by atoms with van der Waals surface area (Å²) >= 11 is 0. The number of nitrogens with zero attached hydrogens (tertiary/aromatic N) is 1. The standard InChI is InChI=1S/C32H41FN2O4/c1-20-7-5-9-26(33)28(20)30(36)35-27-10-6-8-22(27)19-25(31(37)39-32(2,3)4)29(35)21-11-13-23(14-12-21)34-24-15-17-38-18-16-24/h5,7,9,11-14,22,24-25,27,29,34H,6,8,10,15-19H2,1-4H3. The number of aryl methyl sites for hydroxylation is 1. The molecule has 1 aliphatic carbocycles. The minimum atomic E-state index is -0.650. The van der Waals surface area contributed by atoms with Gasteiger partial charge in [-0.3, -0.25) is 9.59 Å². The highest BCUT2D eigenvalue weighted by Crippen LogP contribution is 2.49. The van der Waals surface area contributed by atoms with Crippen LogP contribution in [0.25, 0.3) is 0 Å². The number of nitrogens with one attached hydrogen (secondary N) is 1. The van der Waals surface area contributed by atoms with Gasteiger partial charge in [-0.2, -0.15) is 0 Å². The zero-order chi connectivity index (χ0) is 27.7. The Morgan fingerprint density at radius 2 is 1.74 bits per heavy atom. The molecule has 2 aliphatic heterocycles. The van der Waals surface area contributed by atoms with E-state index in [0.717, 1.165) is 56.6 Å². The highest BCUT2D eigenvalue weighted by molar-refractivity contribution is 5.97. The molecule has 3 fully saturated rings. The Morgan fingerprint density at radius 1 is 1.03 bits per heavy atom. The summed E-state index contributed by atoms with van der Waals surface area (Å²) in [7, 11) is 0. The Morgan fingerprint density at radius 3 is 2.41 bits per heavy atom. The molecule has 0 radical (unpaired) electrons. The molecule has 0 spiro atoms. The molecule has 2 saturated heterocycles. The van der Waals surface area contributed by atoms with E-state index < -0.39 is 23.4 Å². The van der Waals surface area contributed by atoms with Crippen molar-refractivity contribution in [1.29, 1.82) is 0 Å². The van der Waals surface area contributed by atoms with Crippen LogP contribution < -0.4 is 5.32 Å². The summed E-state index contributed by atoms with van der Waals surface area (Å²) in [5.74, 6) is -1.52. The van der Waals surface area contributed by atoms with E-state index in [1.54, 1.807) is 19.1 Å². The number of carbonyl (C=O) groups excluding carboxylic acids is 2. The van der Waals surface area contributed by atoms with E-state index in [-0.39, 0.29) is 29.4 Å². The highest BCUT2D eigenvalue weighted by atomic mass is 19.1. The van der Waals surface area contributed by atoms with Gasteiger partial charge in [0.05, 0.1) is 17.5 Å². The van der Waals surface area contributed by atoms with Gasteiger partial charge in [0.25, 0.3) is 5.91 Å². The first-order valence-corrected chi connectivity index (χ1v) is 14.4. The molecule has 1 saturated carbocycles. The van der Waals surface area contributed by atoms with Crippen molar-refractivity contribution in [3.05, 3.63) is 65.0 Å². The van der Waals surface area contributed by atoms with Crippen LogP contribution in [0.5, 0.6) is 0 Å². The monoisotopic (exact) mass is 536 g/mol. The molecule has 6 nitrogen and oxygen atoms in total. The summed E-state index contributed by atoms with van der Waals surface area (Å²) in [5, 5.41) is 3.59. The Labute approximate surface area is 231 Å². The lowest BCUT2D eigenvalue weighted by atomic mass is 9.76. The number of ether oxygens (including phenoxy) is 2. The molecule has 2 heterocycles. The third-order valence-corrected chi connectivity index (χ3v) is 8.44. The molecular weight excluding hydrogens is 495 g/mol. The molecule has 4 unspecified atom stereocenters. The third-order valence-electron chi connectivity index (χ3n) is 8.44. The number of likely N-dealkylation sites (tertiary alicyclic amines) is 1. The molecular formula is C32H41FN2O4. The SMILES string of the molecule is Cc1cccc(F)c1C(=O)N1C2CCCC2CC(C(=O)OC(C)(C)C)C1c1ccc(NC2CCOCC2)cc1. The predicted molar refractivity (Wildman–Crippen MR) is 149 cm³/mol. The summed E-state index contributed by atoms with van der Waals surface area (Å²) in [6.07, 6.45) is 5.36. The van der Waals surface area contributed by atoms with Crippen molar-refractivity contribution in [2.45, 2.75) is 89.9 Å². The second-order valence-electron chi connectivity index (χ2n) is 12.4. The largest absolute Gasteiger partial charge is 0.460 e. The van der Waals surface area contributed by atoms with E-state index in [2.05, 4.69) is 5.32 Å². The summed E-state index contributed by atoms with van der Waals surface area (Å²) in [6.45, 7) is 8.87. The van der Waals surface area contributed by atoms with Crippen LogP contribution in [0.2, 0.25) is 0 Å². The van der Waals surface area contributed by atoms with E-state index in [1.165, 1.54) is 6.07 Å². The average Bonchev–Trinajstić information content (AvgIpc) is 3.36. The highest BCUT2D eigenvalue weighted by Gasteiger charge is 2.51. The fraction of sp³-hybridized carbons (Fsp3) is 0.562. The summed E-state index contributed by atoms with van der Waals surface area (Å²) < 4.78 is 26.5. The van der Waals surface area contributed by atoms with Crippen molar-refractivity contribution in [3.8, 4) is 0 Å². The number of halogens is 1. The second kappa shape index (κ2) is 11.3. The topological polar surface area (TPSA) is 67.9 Å². The van der Waals surface area contributed by atoms with Crippen molar-refractivity contribution in [2.24, 2.45) is 11.8 Å². The molecule has 39 heavy (non-hydrogen) atoms. The predicted octanol–water partition coefficient (Wildman–Crippen LogP) is 6.44. The van der Waals surface area contributed by atoms with Gasteiger partial charge < -0.3 is 19.7 Å². The van der Waals surface area contributed by atoms with Crippen LogP contribution in [0.4, 0.5) is 10.1 Å². The number of carbonyl (C=O) groups is 2. The number of amides is 1. The molecule has 5 rings (SSSR count). The molecule has 0 bridgehead atoms. The minimum Gasteiger partial charge on any atom is -0.460 e. The molecule has 0 aromatic heterocycles. The maximum absolute atomic E-state index is 15.1. The number of hydrogen-bond donors (Lipinski definition) is 1. The fourth-order valence-corrected chi connectivity index (χ4v) is 6.67. The van der Waals surface area contributed by atoms with E-state index in [4.69, 9.17) is 9.47 Å². The van der Waals surface area contributed by atoms with Crippen molar-refractivity contribution >= 4 is 17.6 Å². The number of rotatable bonds is 5. The maximum atomic E-state index is 15.1. The molecule has 2 aromatic carbocycles. The molecule has 3 aliphatic rings. The molecule has 4 atom stereocenters. The average molecular weight is 537 g/mol. The van der Waals surface area contributed by atoms with Crippen LogP contribution in [0, 0.1) is 24.6 Å². The molecule has 7 heteroatoms. The van der Waals surface area contributed by atoms with Crippen LogP contribution >= 0.6 is 0 Å². The van der Waals surface area contributed by atoms with Gasteiger partial charge in [-0.1, -0.05) is 30.7 Å². The zero-order valence-corrected chi connectivity index (χ0v) is 23.5. The molecule has 2 aromatic rings. The summed E-state index contributed by atoms with van der Waals surface area (Å²) in [4.78, 5) is 29.8. The summed E-state index contributed by atoms with van der Waals surface area (Å²) in [6, 6.07) is 12.6. The maximum Gasteiger partial charge on any atom is 0.311 e. The minimum absolute atomic E-state index is 0.0415. The first kappa shape index (κ1) is 27.6. The van der Waals surface area contributed by atoms with E-state index in [0.29, 0.717) is 18.0 Å². The second-order valence-corrected chi connectivity index (χ2v) is 12.4. The quantitative estimate of drug-likeness (QED) is 0.446. The lowest BCUT2D eigenvalue weighted by Gasteiger charge is -2.48. The van der Waals surface area contributed by atoms with Crippen LogP contribution in [0.1, 0.15) is 86.8 Å². The van der Waals surface area contributed by atoms with Gasteiger partial charge in [0.2, 0.25) is 0 Å². The Kier molecular flexibility index (Phi) is 7.99. The van der Waals surface area contributed by atoms with Gasteiger partial charge in [0.1, 0.15) is 11.4 Å². The van der Waals surface area contributed by atoms with Crippen molar-refractivity contribution < 1.29 is 23.5 Å². The van der Waals surface area contributed by atoms with Gasteiger partial charge in [-0.15, -0.1) is 0 Å². The van der Waals surface area contributed by atoms with Crippen molar-refractivity contribution in [2.75, 3.05) is 18.5 Å². The van der Waals surface area contributed by atoms with E-state index in [1.807, 2.05) is 49.9 Å². The number of piperidine rings is 1. The van der Waals surface area contributed by atoms with E-state index in [9.17, 15) is 9.59 Å². The van der Waals surface area contributed by atoms with Crippen molar-refractivity contribution in [1.82, 2.24) is 4.90 Å². The number of anilines is 1. The normalized spacial score (nSPS) is 25.7. The van der Waals surface area contributed by atoms with Gasteiger partial charge >= 0.3 is 5.97 Å². The fourth-order valence-electron chi connectivity index (χ4n) is 6.67. The first-order valence-electron chi connectivity index (χ1n) is 14.4. The lowest BCUT2D eigenvalue weighted by molar-refractivity contribution is -0.165. The Balaban J connectivity index is 1.54. The van der Waals surface area contributed by atoms with Crippen LogP contribution in [0.3, 0.4) is 0 Å². The van der Waals surface area contributed by atoms with E-state index >= 15 is 4.39 Å². The number of hydrogen-bond acceptors (Lipinski definition) is 5. The number of fused-ring (bicyclic) bond motifs is 1. The van der Waals surface area contributed by atoms with Gasteiger partial charge in [0, 0.05) is 31.0 Å². The van der Waals surface area contributed by atoms with Crippen LogP contribution in [0.15, 0.2) is 42.5 Å². The molecule has 1 amide bonds. The first-order chi connectivity index (χ1) is 18.6. The van der Waals surface area contributed by atoms with Gasteiger partial charge in [0.15, 0.2) is 0 Å². The number of benzene rings is 2. The van der Waals surface area contributed by atoms with Gasteiger partial charge in [-0.25, -0.2) is 4.39 Å². The number of esters is 1. The summed E-state index contributed by atoms with van der Waals surface area (Å²) in [5.41, 5.74) is 1.91. The smallest absolute Gasteiger partial charge is 0.311 e. The Bertz CT molecular complexity index is 1170. The van der Waals surface area contributed by atoms with Crippen LogP contribution in [-0.4, -0.2) is 47.7 Å². The third kappa shape index (κ3) is 5.98. The molecule has 210 valence electrons. The Hall–Kier alpha value is -2.93. The van der Waals surface area contributed by atoms with Crippen LogP contribution in [-0.2, 0) is 14.3 Å². The molecule has 1 N–H and O–H groups in total. The lowest BCUT2D eigenvalue weighted by Crippen LogP contribution is -2.54. The van der Waals surface area contributed by atoms with Crippen molar-refractivity contribution in [3.63, 3.8) is 0 Å².